The summed E-state index contributed by atoms with van der Waals surface area (Å²) in [5, 5.41) is 10.6. The first-order chi connectivity index (χ1) is 7.47. The van der Waals surface area contributed by atoms with Crippen LogP contribution in [-0.4, -0.2) is 25.4 Å². The first-order valence-electron chi connectivity index (χ1n) is 4.88. The molecule has 0 aromatic carbocycles. The van der Waals surface area contributed by atoms with Gasteiger partial charge in [0.05, 0.1) is 11.9 Å². The normalized spacial score (nSPS) is 11.8. The van der Waals surface area contributed by atoms with Gasteiger partial charge in [-0.15, -0.1) is 0 Å². The van der Waals surface area contributed by atoms with E-state index in [4.69, 9.17) is 11.6 Å². The van der Waals surface area contributed by atoms with E-state index in [2.05, 4.69) is 46.1 Å². The minimum atomic E-state index is -0.0783. The quantitative estimate of drug-likeness (QED) is 0.773. The molecule has 0 aliphatic heterocycles. The van der Waals surface area contributed by atoms with Gasteiger partial charge >= 0.3 is 0 Å². The molecule has 2 aromatic heterocycles. The van der Waals surface area contributed by atoms with Crippen molar-refractivity contribution in [2.24, 2.45) is 0 Å². The Morgan fingerprint density at radius 1 is 1.25 bits per heavy atom. The summed E-state index contributed by atoms with van der Waals surface area (Å²) in [6.07, 6.45) is 1.57. The van der Waals surface area contributed by atoms with Crippen LogP contribution in [0.4, 0.5) is 0 Å². The molecule has 0 amide bonds. The molecular weight excluding hydrogens is 226 g/mol. The number of aromatic nitrogens is 5. The minimum Gasteiger partial charge on any atom is -0.231 e. The largest absolute Gasteiger partial charge is 0.231 e. The number of rotatable bonds is 1. The van der Waals surface area contributed by atoms with Crippen molar-refractivity contribution < 1.29 is 0 Å². The van der Waals surface area contributed by atoms with E-state index in [0.29, 0.717) is 16.7 Å². The van der Waals surface area contributed by atoms with Gasteiger partial charge in [0.1, 0.15) is 10.8 Å². The monoisotopic (exact) mass is 237 g/mol. The number of nitrogens with one attached hydrogen (secondary N) is 1. The number of nitrogens with zero attached hydrogens (tertiary/aromatic N) is 4. The average molecular weight is 238 g/mol. The summed E-state index contributed by atoms with van der Waals surface area (Å²) in [6.45, 7) is 6.20. The zero-order valence-electron chi connectivity index (χ0n) is 9.32. The van der Waals surface area contributed by atoms with Gasteiger partial charge in [-0.2, -0.15) is 15.4 Å². The van der Waals surface area contributed by atoms with Crippen molar-refractivity contribution in [2.75, 3.05) is 0 Å². The number of hydrogen-bond donors (Lipinski definition) is 1. The molecule has 2 rings (SSSR count). The maximum atomic E-state index is 5.96. The summed E-state index contributed by atoms with van der Waals surface area (Å²) < 4.78 is 0. The van der Waals surface area contributed by atoms with E-state index in [1.807, 2.05) is 0 Å². The Morgan fingerprint density at radius 2 is 2.00 bits per heavy atom. The van der Waals surface area contributed by atoms with Crippen LogP contribution in [0.3, 0.4) is 0 Å². The topological polar surface area (TPSA) is 67.3 Å². The van der Waals surface area contributed by atoms with Crippen LogP contribution < -0.4 is 0 Å². The predicted molar refractivity (Wildman–Crippen MR) is 61.1 cm³/mol. The molecule has 2 heterocycles. The fourth-order valence-electron chi connectivity index (χ4n) is 1.23. The Bertz CT molecular complexity index is 486. The van der Waals surface area contributed by atoms with Crippen molar-refractivity contribution in [2.45, 2.75) is 26.2 Å². The van der Waals surface area contributed by atoms with Crippen LogP contribution in [0.1, 0.15) is 26.5 Å². The van der Waals surface area contributed by atoms with Crippen LogP contribution in [0.25, 0.3) is 11.5 Å². The van der Waals surface area contributed by atoms with E-state index in [-0.39, 0.29) is 5.41 Å². The van der Waals surface area contributed by atoms with Crippen molar-refractivity contribution in [3.05, 3.63) is 23.1 Å². The van der Waals surface area contributed by atoms with E-state index < -0.39 is 0 Å². The van der Waals surface area contributed by atoms with Gasteiger partial charge in [0, 0.05) is 5.41 Å². The lowest BCUT2D eigenvalue weighted by atomic mass is 9.92. The molecule has 0 aliphatic rings. The summed E-state index contributed by atoms with van der Waals surface area (Å²) >= 11 is 5.96. The smallest absolute Gasteiger partial charge is 0.183 e. The lowest BCUT2D eigenvalue weighted by Gasteiger charge is -2.17. The highest BCUT2D eigenvalue weighted by Crippen LogP contribution is 2.24. The van der Waals surface area contributed by atoms with Crippen molar-refractivity contribution in [1.82, 2.24) is 25.4 Å². The Kier molecular flexibility index (Phi) is 2.63. The minimum absolute atomic E-state index is 0.0783. The van der Waals surface area contributed by atoms with E-state index in [0.717, 1.165) is 5.69 Å². The Balaban J connectivity index is 2.53. The van der Waals surface area contributed by atoms with Crippen LogP contribution >= 0.6 is 11.6 Å². The lowest BCUT2D eigenvalue weighted by molar-refractivity contribution is 0.567. The number of hydrogen-bond acceptors (Lipinski definition) is 4. The van der Waals surface area contributed by atoms with Gasteiger partial charge in [-0.05, 0) is 6.07 Å². The third-order valence-corrected chi connectivity index (χ3v) is 2.30. The van der Waals surface area contributed by atoms with Crippen LogP contribution in [-0.2, 0) is 5.41 Å². The maximum absolute atomic E-state index is 5.96. The molecule has 1 N–H and O–H groups in total. The van der Waals surface area contributed by atoms with Crippen molar-refractivity contribution in [3.8, 4) is 11.5 Å². The molecule has 84 valence electrons. The van der Waals surface area contributed by atoms with Gasteiger partial charge in [-0.3, -0.25) is 0 Å². The highest BCUT2D eigenvalue weighted by atomic mass is 35.5. The molecule has 0 saturated carbocycles. The highest BCUT2D eigenvalue weighted by molar-refractivity contribution is 6.29. The Labute approximate surface area is 98.3 Å². The third-order valence-electron chi connectivity index (χ3n) is 2.11. The Morgan fingerprint density at radius 3 is 2.56 bits per heavy atom. The number of H-pyrrole nitrogens is 1. The van der Waals surface area contributed by atoms with Crippen molar-refractivity contribution in [3.63, 3.8) is 0 Å². The summed E-state index contributed by atoms with van der Waals surface area (Å²) in [6, 6.07) is 1.77. The lowest BCUT2D eigenvalue weighted by Crippen LogP contribution is -2.14. The molecule has 0 unspecified atom stereocenters. The zero-order valence-corrected chi connectivity index (χ0v) is 10.1. The SMILES string of the molecule is CC(C)(C)c1cc(Cl)nc(-c2cn[nH]n2)n1. The molecule has 0 bridgehead atoms. The molecule has 0 fully saturated rings. The highest BCUT2D eigenvalue weighted by Gasteiger charge is 2.18. The average Bonchev–Trinajstić information content (AvgIpc) is 2.68. The second kappa shape index (κ2) is 3.83. The van der Waals surface area contributed by atoms with Crippen molar-refractivity contribution >= 4 is 11.6 Å². The van der Waals surface area contributed by atoms with Crippen LogP contribution in [0, 0.1) is 0 Å². The van der Waals surface area contributed by atoms with Gasteiger partial charge < -0.3 is 0 Å². The van der Waals surface area contributed by atoms with E-state index in [9.17, 15) is 0 Å². The molecule has 16 heavy (non-hydrogen) atoms. The fourth-order valence-corrected chi connectivity index (χ4v) is 1.41. The van der Waals surface area contributed by atoms with Crippen LogP contribution in [0.5, 0.6) is 0 Å². The zero-order chi connectivity index (χ0) is 11.8. The summed E-state index contributed by atoms with van der Waals surface area (Å²) in [7, 11) is 0. The molecule has 5 nitrogen and oxygen atoms in total. The molecule has 0 saturated heterocycles. The van der Waals surface area contributed by atoms with Crippen molar-refractivity contribution in [1.29, 1.82) is 0 Å². The standard InChI is InChI=1S/C10H12ClN5/c1-10(2,3)7-4-8(11)14-9(13-7)6-5-12-16-15-6/h4-5H,1-3H3,(H,12,15,16). The van der Waals surface area contributed by atoms with E-state index in [1.165, 1.54) is 0 Å². The van der Waals surface area contributed by atoms with Gasteiger partial charge in [0.15, 0.2) is 5.82 Å². The maximum Gasteiger partial charge on any atom is 0.183 e. The number of halogens is 1. The summed E-state index contributed by atoms with van der Waals surface area (Å²) in [4.78, 5) is 8.55. The van der Waals surface area contributed by atoms with E-state index in [1.54, 1.807) is 12.3 Å². The van der Waals surface area contributed by atoms with E-state index >= 15 is 0 Å². The summed E-state index contributed by atoms with van der Waals surface area (Å²) in [5.41, 5.74) is 1.39. The molecule has 2 aromatic rings. The fraction of sp³-hybridized carbons (Fsp3) is 0.400. The van der Waals surface area contributed by atoms with Gasteiger partial charge in [0.2, 0.25) is 0 Å². The van der Waals surface area contributed by atoms with Gasteiger partial charge in [-0.25, -0.2) is 9.97 Å². The second-order valence-corrected chi connectivity index (χ2v) is 4.89. The predicted octanol–water partition coefficient (Wildman–Crippen LogP) is 2.21. The van der Waals surface area contributed by atoms with Gasteiger partial charge in [-0.1, -0.05) is 32.4 Å². The van der Waals surface area contributed by atoms with Gasteiger partial charge in [0.25, 0.3) is 0 Å². The molecule has 6 heteroatoms. The molecule has 0 atom stereocenters. The van der Waals surface area contributed by atoms with Crippen LogP contribution in [0.15, 0.2) is 12.3 Å². The third kappa shape index (κ3) is 2.19. The first-order valence-corrected chi connectivity index (χ1v) is 5.26. The Hall–Kier alpha value is -1.49. The first kappa shape index (κ1) is 11.0. The van der Waals surface area contributed by atoms with Crippen LogP contribution in [0.2, 0.25) is 5.15 Å². The summed E-state index contributed by atoms with van der Waals surface area (Å²) in [5.74, 6) is 0.492. The molecular formula is C10H12ClN5. The molecule has 0 aliphatic carbocycles. The second-order valence-electron chi connectivity index (χ2n) is 4.50. The molecule has 0 spiro atoms. The molecule has 0 radical (unpaired) electrons. The number of aromatic amines is 1.